The molecule has 0 saturated carbocycles. The molecular formula is C8H7F2N3O. The fraction of sp³-hybridized carbons (Fsp3) is 0.250. The molecule has 0 fully saturated rings. The summed E-state index contributed by atoms with van der Waals surface area (Å²) in [5.74, 6) is 0. The van der Waals surface area contributed by atoms with Crippen LogP contribution < -0.4 is 5.73 Å². The number of alkyl halides is 2. The Hall–Kier alpha value is -1.74. The molecule has 14 heavy (non-hydrogen) atoms. The lowest BCUT2D eigenvalue weighted by Gasteiger charge is -2.07. The fourth-order valence-electron chi connectivity index (χ4n) is 0.977. The molecule has 0 atom stereocenters. The second-order valence-electron chi connectivity index (χ2n) is 2.54. The molecule has 0 amide bonds. The summed E-state index contributed by atoms with van der Waals surface area (Å²) in [6.07, 6.45) is -2.78. The molecule has 0 aliphatic rings. The number of rotatable bonds is 2. The molecule has 0 aromatic carbocycles. The lowest BCUT2D eigenvalue weighted by molar-refractivity contribution is 0.151. The Morgan fingerprint density at radius 3 is 2.71 bits per heavy atom. The van der Waals surface area contributed by atoms with Gasteiger partial charge in [0.05, 0.1) is 18.0 Å². The van der Waals surface area contributed by atoms with Gasteiger partial charge < -0.3 is 10.8 Å². The van der Waals surface area contributed by atoms with Crippen LogP contribution in [0.1, 0.15) is 23.4 Å². The molecule has 0 bridgehead atoms. The van der Waals surface area contributed by atoms with Gasteiger partial charge in [0.15, 0.2) is 5.69 Å². The molecule has 1 heterocycles. The van der Waals surface area contributed by atoms with Crippen LogP contribution in [0.25, 0.3) is 0 Å². The van der Waals surface area contributed by atoms with E-state index in [9.17, 15) is 8.78 Å². The fourth-order valence-corrected chi connectivity index (χ4v) is 0.977. The molecule has 1 aromatic heterocycles. The lowest BCUT2D eigenvalue weighted by Crippen LogP contribution is -2.04. The standard InChI is InChI=1S/C8H7F2N3O/c9-8(10)5-1-4(3-14)13-6(2-11)7(5)12/h1,8,14H,3,12H2. The van der Waals surface area contributed by atoms with Crippen LogP contribution in [0.5, 0.6) is 0 Å². The third-order valence-electron chi connectivity index (χ3n) is 1.65. The number of aromatic nitrogens is 1. The topological polar surface area (TPSA) is 82.9 Å². The quantitative estimate of drug-likeness (QED) is 0.743. The van der Waals surface area contributed by atoms with Crippen LogP contribution in [-0.4, -0.2) is 10.1 Å². The number of hydrogen-bond acceptors (Lipinski definition) is 4. The molecule has 6 heteroatoms. The van der Waals surface area contributed by atoms with Gasteiger partial charge in [-0.05, 0) is 6.07 Å². The van der Waals surface area contributed by atoms with Crippen LogP contribution in [0.3, 0.4) is 0 Å². The maximum absolute atomic E-state index is 12.4. The molecule has 0 unspecified atom stereocenters. The Kier molecular flexibility index (Phi) is 2.94. The van der Waals surface area contributed by atoms with Crippen molar-refractivity contribution < 1.29 is 13.9 Å². The number of anilines is 1. The number of nitriles is 1. The van der Waals surface area contributed by atoms with Crippen LogP contribution >= 0.6 is 0 Å². The van der Waals surface area contributed by atoms with Crippen molar-refractivity contribution in [3.8, 4) is 6.07 Å². The monoisotopic (exact) mass is 199 g/mol. The summed E-state index contributed by atoms with van der Waals surface area (Å²) < 4.78 is 24.7. The van der Waals surface area contributed by atoms with Crippen LogP contribution in [0.4, 0.5) is 14.5 Å². The van der Waals surface area contributed by atoms with Gasteiger partial charge in [0.2, 0.25) is 0 Å². The highest BCUT2D eigenvalue weighted by molar-refractivity contribution is 5.57. The average Bonchev–Trinajstić information content (AvgIpc) is 2.17. The van der Waals surface area contributed by atoms with E-state index in [1.54, 1.807) is 6.07 Å². The zero-order chi connectivity index (χ0) is 10.7. The first kappa shape index (κ1) is 10.3. The minimum Gasteiger partial charge on any atom is -0.396 e. The van der Waals surface area contributed by atoms with Crippen molar-refractivity contribution in [2.45, 2.75) is 13.0 Å². The summed E-state index contributed by atoms with van der Waals surface area (Å²) in [6, 6.07) is 2.57. The normalized spacial score (nSPS) is 10.2. The first-order valence-corrected chi connectivity index (χ1v) is 3.68. The minimum atomic E-state index is -2.78. The van der Waals surface area contributed by atoms with Gasteiger partial charge in [0.25, 0.3) is 6.43 Å². The number of hydrogen-bond donors (Lipinski definition) is 2. The minimum absolute atomic E-state index is 0.00560. The average molecular weight is 199 g/mol. The molecule has 0 aliphatic heterocycles. The van der Waals surface area contributed by atoms with Gasteiger partial charge in [-0.15, -0.1) is 0 Å². The second kappa shape index (κ2) is 3.98. The smallest absolute Gasteiger partial charge is 0.265 e. The zero-order valence-electron chi connectivity index (χ0n) is 7.04. The molecular weight excluding hydrogens is 192 g/mol. The second-order valence-corrected chi connectivity index (χ2v) is 2.54. The van der Waals surface area contributed by atoms with Crippen LogP contribution in [-0.2, 0) is 6.61 Å². The first-order valence-electron chi connectivity index (χ1n) is 3.68. The van der Waals surface area contributed by atoms with Gasteiger partial charge >= 0.3 is 0 Å². The van der Waals surface area contributed by atoms with Crippen LogP contribution in [0, 0.1) is 11.3 Å². The van der Waals surface area contributed by atoms with Crippen LogP contribution in [0.15, 0.2) is 6.07 Å². The van der Waals surface area contributed by atoms with E-state index in [-0.39, 0.29) is 17.1 Å². The van der Waals surface area contributed by atoms with E-state index in [0.717, 1.165) is 6.07 Å². The Labute approximate surface area is 78.6 Å². The van der Waals surface area contributed by atoms with E-state index in [0.29, 0.717) is 0 Å². The van der Waals surface area contributed by atoms with E-state index in [1.165, 1.54) is 0 Å². The van der Waals surface area contributed by atoms with E-state index < -0.39 is 18.6 Å². The third kappa shape index (κ3) is 1.78. The first-order chi connectivity index (χ1) is 6.60. The van der Waals surface area contributed by atoms with Crippen molar-refractivity contribution in [2.24, 2.45) is 0 Å². The van der Waals surface area contributed by atoms with E-state index in [1.807, 2.05) is 0 Å². The Bertz CT molecular complexity index is 387. The molecule has 3 N–H and O–H groups in total. The van der Waals surface area contributed by atoms with Crippen LogP contribution in [0.2, 0.25) is 0 Å². The van der Waals surface area contributed by atoms with Crippen molar-refractivity contribution in [2.75, 3.05) is 5.73 Å². The Morgan fingerprint density at radius 1 is 1.64 bits per heavy atom. The number of nitrogens with zero attached hydrogens (tertiary/aromatic N) is 2. The van der Waals surface area contributed by atoms with Gasteiger partial charge in [0.1, 0.15) is 6.07 Å². The highest BCUT2D eigenvalue weighted by Crippen LogP contribution is 2.27. The summed E-state index contributed by atoms with van der Waals surface area (Å²) in [6.45, 7) is -0.505. The van der Waals surface area contributed by atoms with Gasteiger partial charge in [-0.2, -0.15) is 5.26 Å². The molecule has 0 spiro atoms. The number of halogens is 2. The van der Waals surface area contributed by atoms with Crippen molar-refractivity contribution in [1.82, 2.24) is 4.98 Å². The number of nitrogen functional groups attached to an aromatic ring is 1. The number of pyridine rings is 1. The van der Waals surface area contributed by atoms with E-state index in [2.05, 4.69) is 4.98 Å². The van der Waals surface area contributed by atoms with Crippen molar-refractivity contribution in [3.05, 3.63) is 23.0 Å². The molecule has 0 radical (unpaired) electrons. The molecule has 1 aromatic rings. The summed E-state index contributed by atoms with van der Waals surface area (Å²) in [5, 5.41) is 17.2. The highest BCUT2D eigenvalue weighted by Gasteiger charge is 2.16. The van der Waals surface area contributed by atoms with Crippen molar-refractivity contribution in [1.29, 1.82) is 5.26 Å². The van der Waals surface area contributed by atoms with E-state index in [4.69, 9.17) is 16.1 Å². The van der Waals surface area contributed by atoms with Gasteiger partial charge in [0, 0.05) is 5.56 Å². The van der Waals surface area contributed by atoms with E-state index >= 15 is 0 Å². The Balaban J connectivity index is 3.36. The predicted molar refractivity (Wildman–Crippen MR) is 44.2 cm³/mol. The number of aliphatic hydroxyl groups is 1. The number of aliphatic hydroxyl groups excluding tert-OH is 1. The lowest BCUT2D eigenvalue weighted by atomic mass is 10.1. The molecule has 0 aliphatic carbocycles. The molecule has 74 valence electrons. The summed E-state index contributed by atoms with van der Waals surface area (Å²) >= 11 is 0. The SMILES string of the molecule is N#Cc1nc(CO)cc(C(F)F)c1N. The van der Waals surface area contributed by atoms with Crippen molar-refractivity contribution in [3.63, 3.8) is 0 Å². The van der Waals surface area contributed by atoms with Gasteiger partial charge in [-0.25, -0.2) is 13.8 Å². The molecule has 0 saturated heterocycles. The predicted octanol–water partition coefficient (Wildman–Crippen LogP) is 0.965. The third-order valence-corrected chi connectivity index (χ3v) is 1.65. The summed E-state index contributed by atoms with van der Waals surface area (Å²) in [5.41, 5.74) is 4.19. The summed E-state index contributed by atoms with van der Waals surface area (Å²) in [7, 11) is 0. The molecule has 4 nitrogen and oxygen atoms in total. The van der Waals surface area contributed by atoms with Gasteiger partial charge in [-0.1, -0.05) is 0 Å². The van der Waals surface area contributed by atoms with Gasteiger partial charge in [-0.3, -0.25) is 0 Å². The van der Waals surface area contributed by atoms with Crippen molar-refractivity contribution >= 4 is 5.69 Å². The Morgan fingerprint density at radius 2 is 2.29 bits per heavy atom. The largest absolute Gasteiger partial charge is 0.396 e. The zero-order valence-corrected chi connectivity index (χ0v) is 7.04. The summed E-state index contributed by atoms with van der Waals surface area (Å²) in [4.78, 5) is 3.58. The highest BCUT2D eigenvalue weighted by atomic mass is 19.3. The molecule has 1 rings (SSSR count). The number of nitrogens with two attached hydrogens (primary N) is 1. The maximum atomic E-state index is 12.4. The maximum Gasteiger partial charge on any atom is 0.265 e.